The van der Waals surface area contributed by atoms with E-state index in [9.17, 15) is 12.8 Å². The highest BCUT2D eigenvalue weighted by molar-refractivity contribution is 7.98. The SMILES string of the molecule is CC(C)(c1ccc(Cl)c(S(N)(=O)=O)c1)c1cnc(SCc2ccc(Cl)c(-c3nnn[nH]3)c2)n1-c1ccc(F)cc1. The fourth-order valence-electron chi connectivity index (χ4n) is 4.24. The summed E-state index contributed by atoms with van der Waals surface area (Å²) in [6, 6.07) is 16.4. The largest absolute Gasteiger partial charge is 0.291 e. The van der Waals surface area contributed by atoms with E-state index in [4.69, 9.17) is 33.3 Å². The maximum atomic E-state index is 13.8. The van der Waals surface area contributed by atoms with Crippen LogP contribution in [0.3, 0.4) is 0 Å². The van der Waals surface area contributed by atoms with Crippen LogP contribution in [0.2, 0.25) is 10.0 Å². The van der Waals surface area contributed by atoms with Crippen molar-refractivity contribution in [2.75, 3.05) is 0 Å². The van der Waals surface area contributed by atoms with E-state index < -0.39 is 15.4 Å². The molecule has 0 bridgehead atoms. The van der Waals surface area contributed by atoms with Crippen molar-refractivity contribution in [3.8, 4) is 17.1 Å². The third-order valence-electron chi connectivity index (χ3n) is 6.41. The van der Waals surface area contributed by atoms with Crippen LogP contribution in [0.15, 0.2) is 76.9 Å². The molecule has 0 unspecified atom stereocenters. The molecule has 14 heteroatoms. The summed E-state index contributed by atoms with van der Waals surface area (Å²) in [5.74, 6) is 0.612. The standard InChI is InChI=1S/C26H22Cl2FN7O2S2/c1-26(2,16-4-10-21(28)22(12-16)40(30,37)38)23-13-31-25(36(23)18-7-5-17(29)6-8-18)39-14-15-3-9-20(27)19(11-15)24-32-34-35-33-24/h3-13H,14H2,1-2H3,(H2,30,37,38)(H,32,33,34,35). The van der Waals surface area contributed by atoms with Crippen molar-refractivity contribution in [3.05, 3.63) is 99.5 Å². The Morgan fingerprint density at radius 2 is 1.77 bits per heavy atom. The number of H-pyrrole nitrogens is 1. The van der Waals surface area contributed by atoms with Gasteiger partial charge in [-0.25, -0.2) is 28.0 Å². The number of sulfonamides is 1. The van der Waals surface area contributed by atoms with E-state index in [1.54, 1.807) is 30.5 Å². The number of aromatic amines is 1. The molecule has 0 amide bonds. The van der Waals surface area contributed by atoms with Gasteiger partial charge in [0.05, 0.1) is 21.9 Å². The summed E-state index contributed by atoms with van der Waals surface area (Å²) in [6.45, 7) is 3.87. The summed E-state index contributed by atoms with van der Waals surface area (Å²) in [4.78, 5) is 4.53. The van der Waals surface area contributed by atoms with Gasteiger partial charge in [0.1, 0.15) is 10.7 Å². The number of nitrogens with two attached hydrogens (primary N) is 1. The lowest BCUT2D eigenvalue weighted by molar-refractivity contribution is 0.586. The van der Waals surface area contributed by atoms with E-state index >= 15 is 0 Å². The monoisotopic (exact) mass is 617 g/mol. The molecular formula is C26H22Cl2FN7O2S2. The zero-order valence-electron chi connectivity index (χ0n) is 21.1. The molecule has 0 aliphatic heterocycles. The Morgan fingerprint density at radius 1 is 1.05 bits per heavy atom. The second kappa shape index (κ2) is 10.9. The summed E-state index contributed by atoms with van der Waals surface area (Å²) in [6.07, 6.45) is 1.73. The number of rotatable bonds is 8. The molecule has 40 heavy (non-hydrogen) atoms. The summed E-state index contributed by atoms with van der Waals surface area (Å²) < 4.78 is 40.1. The van der Waals surface area contributed by atoms with Crippen molar-refractivity contribution < 1.29 is 12.8 Å². The highest BCUT2D eigenvalue weighted by atomic mass is 35.5. The van der Waals surface area contributed by atoms with Crippen LogP contribution >= 0.6 is 35.0 Å². The molecule has 0 radical (unpaired) electrons. The first-order valence-electron chi connectivity index (χ1n) is 11.8. The van der Waals surface area contributed by atoms with Gasteiger partial charge in [-0.1, -0.05) is 60.9 Å². The minimum absolute atomic E-state index is 0.0359. The average Bonchev–Trinajstić information content (AvgIpc) is 3.59. The van der Waals surface area contributed by atoms with Crippen LogP contribution < -0.4 is 5.14 Å². The van der Waals surface area contributed by atoms with Crippen LogP contribution in [0.25, 0.3) is 17.1 Å². The Balaban J connectivity index is 1.55. The molecule has 0 atom stereocenters. The van der Waals surface area contributed by atoms with E-state index in [0.717, 1.165) is 11.3 Å². The van der Waals surface area contributed by atoms with Crippen LogP contribution in [-0.4, -0.2) is 38.6 Å². The van der Waals surface area contributed by atoms with E-state index in [1.165, 1.54) is 36.0 Å². The van der Waals surface area contributed by atoms with Crippen LogP contribution in [0.5, 0.6) is 0 Å². The number of halogens is 3. The zero-order chi connectivity index (χ0) is 28.7. The summed E-state index contributed by atoms with van der Waals surface area (Å²) >= 11 is 14.0. The molecule has 2 heterocycles. The normalized spacial score (nSPS) is 12.2. The topological polar surface area (TPSA) is 132 Å². The number of benzene rings is 3. The second-order valence-electron chi connectivity index (χ2n) is 9.41. The third kappa shape index (κ3) is 5.63. The molecule has 0 saturated heterocycles. The molecule has 0 aliphatic rings. The van der Waals surface area contributed by atoms with Crippen LogP contribution in [-0.2, 0) is 21.2 Å². The number of imidazole rings is 1. The average molecular weight is 619 g/mol. The molecule has 0 saturated carbocycles. The quantitative estimate of drug-likeness (QED) is 0.211. The Kier molecular flexibility index (Phi) is 7.73. The van der Waals surface area contributed by atoms with Crippen LogP contribution in [0, 0.1) is 5.82 Å². The van der Waals surface area contributed by atoms with Gasteiger partial charge in [-0.15, -0.1) is 5.10 Å². The number of nitrogens with one attached hydrogen (secondary N) is 1. The van der Waals surface area contributed by atoms with E-state index in [0.29, 0.717) is 38.6 Å². The first-order valence-corrected chi connectivity index (χ1v) is 15.1. The van der Waals surface area contributed by atoms with Gasteiger partial charge in [0, 0.05) is 22.4 Å². The minimum atomic E-state index is -4.05. The Bertz CT molecular complexity index is 1790. The minimum Gasteiger partial charge on any atom is -0.291 e. The number of hydrogen-bond donors (Lipinski definition) is 2. The Hall–Kier alpha value is -3.29. The lowest BCUT2D eigenvalue weighted by Crippen LogP contribution is -2.24. The van der Waals surface area contributed by atoms with Gasteiger partial charge in [0.15, 0.2) is 11.0 Å². The van der Waals surface area contributed by atoms with Crippen molar-refractivity contribution in [1.29, 1.82) is 0 Å². The predicted molar refractivity (Wildman–Crippen MR) is 153 cm³/mol. The lowest BCUT2D eigenvalue weighted by Gasteiger charge is -2.28. The second-order valence-corrected chi connectivity index (χ2v) is 12.7. The zero-order valence-corrected chi connectivity index (χ0v) is 24.3. The van der Waals surface area contributed by atoms with Gasteiger partial charge in [-0.2, -0.15) is 0 Å². The van der Waals surface area contributed by atoms with Gasteiger partial charge in [0.25, 0.3) is 0 Å². The first kappa shape index (κ1) is 28.2. The highest BCUT2D eigenvalue weighted by Crippen LogP contribution is 2.38. The fourth-order valence-corrected chi connectivity index (χ4v) is 6.45. The summed E-state index contributed by atoms with van der Waals surface area (Å²) in [5, 5.41) is 20.5. The molecule has 0 spiro atoms. The van der Waals surface area contributed by atoms with Gasteiger partial charge >= 0.3 is 0 Å². The molecule has 5 rings (SSSR count). The molecule has 5 aromatic rings. The maximum Gasteiger partial charge on any atom is 0.239 e. The van der Waals surface area contributed by atoms with Gasteiger partial charge in [-0.3, -0.25) is 4.57 Å². The number of primary sulfonamides is 1. The number of tetrazole rings is 1. The summed E-state index contributed by atoms with van der Waals surface area (Å²) in [5.41, 5.74) is 2.96. The van der Waals surface area contributed by atoms with Crippen LogP contribution in [0.4, 0.5) is 4.39 Å². The number of nitrogens with zero attached hydrogens (tertiary/aromatic N) is 5. The predicted octanol–water partition coefficient (Wildman–Crippen LogP) is 5.76. The van der Waals surface area contributed by atoms with E-state index in [2.05, 4.69) is 20.6 Å². The van der Waals surface area contributed by atoms with Crippen molar-refractivity contribution >= 4 is 45.0 Å². The van der Waals surface area contributed by atoms with E-state index in [1.807, 2.05) is 30.5 Å². The number of aromatic nitrogens is 6. The molecule has 3 N–H and O–H groups in total. The summed E-state index contributed by atoms with van der Waals surface area (Å²) in [7, 11) is -4.05. The molecule has 9 nitrogen and oxygen atoms in total. The van der Waals surface area contributed by atoms with Gasteiger partial charge < -0.3 is 0 Å². The van der Waals surface area contributed by atoms with Gasteiger partial charge in [0.2, 0.25) is 10.0 Å². The van der Waals surface area contributed by atoms with Crippen molar-refractivity contribution in [3.63, 3.8) is 0 Å². The third-order valence-corrected chi connectivity index (χ3v) is 9.16. The smallest absolute Gasteiger partial charge is 0.239 e. The van der Waals surface area contributed by atoms with Gasteiger partial charge in [-0.05, 0) is 70.1 Å². The van der Waals surface area contributed by atoms with Crippen molar-refractivity contribution in [2.24, 2.45) is 5.14 Å². The Morgan fingerprint density at radius 3 is 2.45 bits per heavy atom. The molecule has 2 aromatic heterocycles. The number of thioether (sulfide) groups is 1. The molecule has 206 valence electrons. The van der Waals surface area contributed by atoms with Crippen molar-refractivity contribution in [2.45, 2.75) is 35.1 Å². The lowest BCUT2D eigenvalue weighted by atomic mass is 9.81. The number of hydrogen-bond acceptors (Lipinski definition) is 7. The fraction of sp³-hybridized carbons (Fsp3) is 0.154. The maximum absolute atomic E-state index is 13.8. The highest BCUT2D eigenvalue weighted by Gasteiger charge is 2.31. The first-order chi connectivity index (χ1) is 18.9. The Labute approximate surface area is 244 Å². The van der Waals surface area contributed by atoms with Crippen LogP contribution in [0.1, 0.15) is 30.7 Å². The molecule has 0 aliphatic carbocycles. The molecular weight excluding hydrogens is 596 g/mol. The van der Waals surface area contributed by atoms with E-state index in [-0.39, 0.29) is 15.7 Å². The molecule has 3 aromatic carbocycles. The van der Waals surface area contributed by atoms with Crippen molar-refractivity contribution in [1.82, 2.24) is 30.2 Å². The molecule has 0 fully saturated rings.